The quantitative estimate of drug-likeness (QED) is 0.430. The number of aromatic nitrogens is 3. The van der Waals surface area contributed by atoms with Crippen molar-refractivity contribution in [3.63, 3.8) is 0 Å². The number of aliphatic hydroxyl groups is 1. The summed E-state index contributed by atoms with van der Waals surface area (Å²) in [6, 6.07) is 4.66. The number of rotatable bonds is 4. The van der Waals surface area contributed by atoms with E-state index < -0.39 is 47.8 Å². The van der Waals surface area contributed by atoms with E-state index in [-0.39, 0.29) is 33.7 Å². The van der Waals surface area contributed by atoms with Crippen molar-refractivity contribution in [2.45, 2.75) is 57.5 Å². The fourth-order valence-electron chi connectivity index (χ4n) is 4.45. The molecule has 1 atom stereocenters. The van der Waals surface area contributed by atoms with E-state index in [2.05, 4.69) is 15.3 Å². The van der Waals surface area contributed by atoms with Crippen molar-refractivity contribution in [2.24, 2.45) is 0 Å². The van der Waals surface area contributed by atoms with E-state index in [0.29, 0.717) is 0 Å². The summed E-state index contributed by atoms with van der Waals surface area (Å²) < 4.78 is 68.1. The van der Waals surface area contributed by atoms with E-state index >= 15 is 0 Å². The summed E-state index contributed by atoms with van der Waals surface area (Å²) in [7, 11) is 0. The number of halogens is 5. The number of aryl methyl sites for hydroxylation is 1. The van der Waals surface area contributed by atoms with Crippen LogP contribution in [0.15, 0.2) is 35.3 Å². The van der Waals surface area contributed by atoms with E-state index in [1.807, 2.05) is 0 Å². The zero-order valence-electron chi connectivity index (χ0n) is 18.0. The van der Waals surface area contributed by atoms with Crippen molar-refractivity contribution in [1.29, 1.82) is 0 Å². The minimum absolute atomic E-state index is 0.00633. The lowest BCUT2D eigenvalue weighted by molar-refractivity contribution is -0.146. The van der Waals surface area contributed by atoms with Gasteiger partial charge in [-0.3, -0.25) is 4.79 Å². The molecule has 4 rings (SSSR count). The Labute approximate surface area is 185 Å². The van der Waals surface area contributed by atoms with E-state index in [4.69, 9.17) is 0 Å². The van der Waals surface area contributed by atoms with Crippen molar-refractivity contribution < 1.29 is 27.1 Å². The molecule has 11 heteroatoms. The van der Waals surface area contributed by atoms with Gasteiger partial charge in [0.25, 0.3) is 11.5 Å². The van der Waals surface area contributed by atoms with Crippen molar-refractivity contribution in [1.82, 2.24) is 14.5 Å². The highest BCUT2D eigenvalue weighted by atomic mass is 19.4. The van der Waals surface area contributed by atoms with Crippen LogP contribution in [-0.2, 0) is 11.7 Å². The van der Waals surface area contributed by atoms with Gasteiger partial charge in [-0.2, -0.15) is 13.2 Å². The monoisotopic (exact) mass is 468 g/mol. The van der Waals surface area contributed by atoms with E-state index in [0.717, 1.165) is 6.07 Å². The lowest BCUT2D eigenvalue weighted by atomic mass is 9.74. The predicted octanol–water partition coefficient (Wildman–Crippen LogP) is 4.67. The first-order chi connectivity index (χ1) is 15.2. The standard InChI is InChI=1S/C22H21F5N4O2/c1-11-13(5-4-6-15(11)22(25,26)27)19(33)30-18-14-8-31(20(3)9-21(23,24)10-20)17(32)7-16(14)28-12(2)29-18/h4-8,19,33H,9-10H2,1-3H3,(H,28,29,30)/t19-/m1/s1. The smallest absolute Gasteiger partial charge is 0.369 e. The maximum Gasteiger partial charge on any atom is 0.416 e. The molecule has 0 aliphatic heterocycles. The molecular formula is C22H21F5N4O2. The zero-order valence-corrected chi connectivity index (χ0v) is 18.0. The van der Waals surface area contributed by atoms with Gasteiger partial charge in [0, 0.05) is 30.7 Å². The van der Waals surface area contributed by atoms with Gasteiger partial charge in [-0.25, -0.2) is 18.7 Å². The molecule has 0 unspecified atom stereocenters. The average Bonchev–Trinajstić information content (AvgIpc) is 2.64. The Morgan fingerprint density at radius 2 is 1.85 bits per heavy atom. The summed E-state index contributed by atoms with van der Waals surface area (Å²) in [6.45, 7) is 4.34. The summed E-state index contributed by atoms with van der Waals surface area (Å²) in [4.78, 5) is 21.0. The first-order valence-corrected chi connectivity index (χ1v) is 10.1. The molecule has 1 aliphatic rings. The fraction of sp³-hybridized carbons (Fsp3) is 0.409. The van der Waals surface area contributed by atoms with Gasteiger partial charge < -0.3 is 15.0 Å². The van der Waals surface area contributed by atoms with E-state index in [1.165, 1.54) is 35.9 Å². The number of fused-ring (bicyclic) bond motifs is 1. The van der Waals surface area contributed by atoms with E-state index in [1.54, 1.807) is 13.8 Å². The molecule has 1 fully saturated rings. The second-order valence-corrected chi connectivity index (χ2v) is 8.67. The van der Waals surface area contributed by atoms with Crippen LogP contribution < -0.4 is 10.9 Å². The molecule has 2 N–H and O–H groups in total. The number of benzene rings is 1. The SMILES string of the molecule is Cc1nc(N[C@H](O)c2cccc(C(F)(F)F)c2C)c2cn(C3(C)CC(F)(F)C3)c(=O)cc2n1. The number of nitrogens with one attached hydrogen (secondary N) is 1. The Hall–Kier alpha value is -3.08. The number of anilines is 1. The van der Waals surface area contributed by atoms with Crippen molar-refractivity contribution in [3.05, 3.63) is 63.3 Å². The molecule has 33 heavy (non-hydrogen) atoms. The average molecular weight is 468 g/mol. The molecule has 2 aromatic heterocycles. The molecule has 0 amide bonds. The molecule has 6 nitrogen and oxygen atoms in total. The number of pyridine rings is 1. The first kappa shape index (κ1) is 23.1. The fourth-order valence-corrected chi connectivity index (χ4v) is 4.45. The number of alkyl halides is 5. The third-order valence-electron chi connectivity index (χ3n) is 5.95. The van der Waals surface area contributed by atoms with Crippen LogP contribution in [0.2, 0.25) is 0 Å². The third kappa shape index (κ3) is 4.17. The molecular weight excluding hydrogens is 447 g/mol. The molecule has 0 radical (unpaired) electrons. The summed E-state index contributed by atoms with van der Waals surface area (Å²) in [6.07, 6.45) is -5.82. The van der Waals surface area contributed by atoms with Crippen molar-refractivity contribution >= 4 is 16.7 Å². The Morgan fingerprint density at radius 3 is 2.45 bits per heavy atom. The normalized spacial score (nSPS) is 18.1. The second-order valence-electron chi connectivity index (χ2n) is 8.67. The van der Waals surface area contributed by atoms with Crippen LogP contribution in [0.3, 0.4) is 0 Å². The van der Waals surface area contributed by atoms with E-state index in [9.17, 15) is 31.9 Å². The lowest BCUT2D eigenvalue weighted by Crippen LogP contribution is -2.54. The highest BCUT2D eigenvalue weighted by Gasteiger charge is 2.55. The van der Waals surface area contributed by atoms with Crippen LogP contribution in [-0.4, -0.2) is 25.6 Å². The van der Waals surface area contributed by atoms with Crippen LogP contribution in [0.25, 0.3) is 10.9 Å². The highest BCUT2D eigenvalue weighted by molar-refractivity contribution is 5.88. The maximum atomic E-state index is 13.5. The third-order valence-corrected chi connectivity index (χ3v) is 5.95. The molecule has 2 heterocycles. The Morgan fingerprint density at radius 1 is 1.18 bits per heavy atom. The van der Waals surface area contributed by atoms with Gasteiger partial charge in [0.05, 0.1) is 22.0 Å². The Bertz CT molecular complexity index is 1290. The minimum atomic E-state index is -4.59. The predicted molar refractivity (Wildman–Crippen MR) is 111 cm³/mol. The van der Waals surface area contributed by atoms with Crippen LogP contribution in [0, 0.1) is 13.8 Å². The molecule has 1 aromatic carbocycles. The highest BCUT2D eigenvalue weighted by Crippen LogP contribution is 2.49. The summed E-state index contributed by atoms with van der Waals surface area (Å²) >= 11 is 0. The lowest BCUT2D eigenvalue weighted by Gasteiger charge is -2.46. The van der Waals surface area contributed by atoms with Crippen LogP contribution >= 0.6 is 0 Å². The number of hydrogen-bond acceptors (Lipinski definition) is 5. The van der Waals surface area contributed by atoms with Gasteiger partial charge in [0.2, 0.25) is 0 Å². The topological polar surface area (TPSA) is 80.0 Å². The van der Waals surface area contributed by atoms with Gasteiger partial charge >= 0.3 is 6.18 Å². The van der Waals surface area contributed by atoms with Gasteiger partial charge in [-0.05, 0) is 32.4 Å². The van der Waals surface area contributed by atoms with Crippen LogP contribution in [0.4, 0.5) is 27.8 Å². The minimum Gasteiger partial charge on any atom is -0.369 e. The second kappa shape index (κ2) is 7.47. The van der Waals surface area contributed by atoms with Gasteiger partial charge in [-0.15, -0.1) is 0 Å². The van der Waals surface area contributed by atoms with Gasteiger partial charge in [-0.1, -0.05) is 12.1 Å². The Balaban J connectivity index is 1.77. The molecule has 0 saturated heterocycles. The largest absolute Gasteiger partial charge is 0.416 e. The molecule has 0 spiro atoms. The zero-order chi connectivity index (χ0) is 24.3. The summed E-state index contributed by atoms with van der Waals surface area (Å²) in [5, 5.41) is 13.6. The maximum absolute atomic E-state index is 13.5. The van der Waals surface area contributed by atoms with Crippen molar-refractivity contribution in [2.75, 3.05) is 5.32 Å². The molecule has 1 saturated carbocycles. The molecule has 0 bridgehead atoms. The number of hydrogen-bond donors (Lipinski definition) is 2. The molecule has 176 valence electrons. The number of nitrogens with zero attached hydrogens (tertiary/aromatic N) is 3. The van der Waals surface area contributed by atoms with Crippen LogP contribution in [0.5, 0.6) is 0 Å². The van der Waals surface area contributed by atoms with Crippen molar-refractivity contribution in [3.8, 4) is 0 Å². The van der Waals surface area contributed by atoms with Gasteiger partial charge in [0.1, 0.15) is 11.6 Å². The molecule has 1 aliphatic carbocycles. The van der Waals surface area contributed by atoms with Gasteiger partial charge in [0.15, 0.2) is 6.23 Å². The molecule has 3 aromatic rings. The summed E-state index contributed by atoms with van der Waals surface area (Å²) in [5.41, 5.74) is -2.44. The Kier molecular flexibility index (Phi) is 5.23. The first-order valence-electron chi connectivity index (χ1n) is 10.1. The summed E-state index contributed by atoms with van der Waals surface area (Å²) in [5.74, 6) is -2.56. The number of aliphatic hydroxyl groups excluding tert-OH is 1. The van der Waals surface area contributed by atoms with Crippen LogP contribution in [0.1, 0.15) is 48.5 Å².